The zero-order chi connectivity index (χ0) is 12.3. The van der Waals surface area contributed by atoms with Gasteiger partial charge in [0.15, 0.2) is 0 Å². The fourth-order valence-corrected chi connectivity index (χ4v) is 2.43. The predicted octanol–water partition coefficient (Wildman–Crippen LogP) is 3.50. The lowest BCUT2D eigenvalue weighted by Gasteiger charge is -2.24. The Labute approximate surface area is 108 Å². The molecule has 0 saturated carbocycles. The van der Waals surface area contributed by atoms with Crippen LogP contribution in [-0.2, 0) is 4.74 Å². The smallest absolute Gasteiger partial charge is 0.0792 e. The molecular formula is C14H19ClO2. The molecule has 1 aliphatic rings. The Bertz CT molecular complexity index is 372. The Kier molecular flexibility index (Phi) is 4.43. The van der Waals surface area contributed by atoms with Gasteiger partial charge in [0, 0.05) is 18.2 Å². The molecule has 1 fully saturated rings. The number of hydrogen-bond acceptors (Lipinski definition) is 2. The van der Waals surface area contributed by atoms with Crippen LogP contribution >= 0.6 is 11.6 Å². The van der Waals surface area contributed by atoms with Crippen molar-refractivity contribution >= 4 is 11.6 Å². The highest BCUT2D eigenvalue weighted by atomic mass is 35.5. The normalized spacial score (nSPS) is 19.2. The lowest BCUT2D eigenvalue weighted by Crippen LogP contribution is -2.18. The molecule has 1 aromatic carbocycles. The van der Waals surface area contributed by atoms with Crippen LogP contribution in [0.5, 0.6) is 0 Å². The van der Waals surface area contributed by atoms with Crippen LogP contribution in [0.25, 0.3) is 0 Å². The van der Waals surface area contributed by atoms with Crippen molar-refractivity contribution in [3.63, 3.8) is 0 Å². The standard InChI is InChI=1S/C14H19ClO2/c1-10-8-12(2-3-13(10)15)14(16)9-11-4-6-17-7-5-11/h2-3,8,11,14,16H,4-7,9H2,1H3. The van der Waals surface area contributed by atoms with Crippen LogP contribution in [0.1, 0.15) is 36.5 Å². The van der Waals surface area contributed by atoms with E-state index in [4.69, 9.17) is 16.3 Å². The minimum absolute atomic E-state index is 0.380. The Hall–Kier alpha value is -0.570. The third-order valence-corrected chi connectivity index (χ3v) is 3.89. The molecule has 0 bridgehead atoms. The summed E-state index contributed by atoms with van der Waals surface area (Å²) in [4.78, 5) is 0. The number of benzene rings is 1. The Morgan fingerprint density at radius 2 is 2.12 bits per heavy atom. The molecule has 0 spiro atoms. The fourth-order valence-electron chi connectivity index (χ4n) is 2.31. The Morgan fingerprint density at radius 1 is 1.41 bits per heavy atom. The van der Waals surface area contributed by atoms with E-state index < -0.39 is 0 Å². The van der Waals surface area contributed by atoms with Crippen molar-refractivity contribution in [2.75, 3.05) is 13.2 Å². The first kappa shape index (κ1) is 12.9. The van der Waals surface area contributed by atoms with Crippen LogP contribution in [0, 0.1) is 12.8 Å². The second kappa shape index (κ2) is 5.85. The summed E-state index contributed by atoms with van der Waals surface area (Å²) < 4.78 is 5.32. The zero-order valence-corrected chi connectivity index (χ0v) is 10.9. The monoisotopic (exact) mass is 254 g/mol. The van der Waals surface area contributed by atoms with Gasteiger partial charge in [0.05, 0.1) is 6.10 Å². The quantitative estimate of drug-likeness (QED) is 0.895. The van der Waals surface area contributed by atoms with Gasteiger partial charge in [-0.3, -0.25) is 0 Å². The number of hydrogen-bond donors (Lipinski definition) is 1. The summed E-state index contributed by atoms with van der Waals surface area (Å²) in [6, 6.07) is 5.76. The summed E-state index contributed by atoms with van der Waals surface area (Å²) >= 11 is 5.98. The maximum atomic E-state index is 10.2. The number of halogens is 1. The van der Waals surface area contributed by atoms with E-state index in [2.05, 4.69) is 0 Å². The minimum Gasteiger partial charge on any atom is -0.388 e. The number of aliphatic hydroxyl groups excluding tert-OH is 1. The van der Waals surface area contributed by atoms with Crippen molar-refractivity contribution < 1.29 is 9.84 Å². The molecule has 0 radical (unpaired) electrons. The van der Waals surface area contributed by atoms with Gasteiger partial charge in [0.1, 0.15) is 0 Å². The van der Waals surface area contributed by atoms with Gasteiger partial charge in [-0.25, -0.2) is 0 Å². The van der Waals surface area contributed by atoms with Crippen LogP contribution in [0.3, 0.4) is 0 Å². The Balaban J connectivity index is 1.98. The van der Waals surface area contributed by atoms with Crippen molar-refractivity contribution in [3.05, 3.63) is 34.3 Å². The molecule has 0 amide bonds. The topological polar surface area (TPSA) is 29.5 Å². The molecule has 0 aliphatic carbocycles. The van der Waals surface area contributed by atoms with Crippen LogP contribution in [0.4, 0.5) is 0 Å². The van der Waals surface area contributed by atoms with Crippen molar-refractivity contribution in [1.82, 2.24) is 0 Å². The molecule has 1 heterocycles. The van der Waals surface area contributed by atoms with Crippen LogP contribution in [-0.4, -0.2) is 18.3 Å². The van der Waals surface area contributed by atoms with Crippen LogP contribution < -0.4 is 0 Å². The van der Waals surface area contributed by atoms with E-state index >= 15 is 0 Å². The van der Waals surface area contributed by atoms with E-state index in [9.17, 15) is 5.11 Å². The maximum Gasteiger partial charge on any atom is 0.0792 e. The van der Waals surface area contributed by atoms with E-state index in [1.54, 1.807) is 0 Å². The van der Waals surface area contributed by atoms with E-state index in [0.29, 0.717) is 5.92 Å². The molecule has 1 N–H and O–H groups in total. The predicted molar refractivity (Wildman–Crippen MR) is 69.3 cm³/mol. The largest absolute Gasteiger partial charge is 0.388 e. The summed E-state index contributed by atoms with van der Waals surface area (Å²) in [5.41, 5.74) is 1.99. The summed E-state index contributed by atoms with van der Waals surface area (Å²) in [7, 11) is 0. The summed E-state index contributed by atoms with van der Waals surface area (Å²) in [5, 5.41) is 11.0. The van der Waals surface area contributed by atoms with E-state index in [0.717, 1.165) is 48.6 Å². The van der Waals surface area contributed by atoms with E-state index in [-0.39, 0.29) is 6.10 Å². The average Bonchev–Trinajstić information content (AvgIpc) is 2.34. The zero-order valence-electron chi connectivity index (χ0n) is 10.2. The second-order valence-electron chi connectivity index (χ2n) is 4.82. The van der Waals surface area contributed by atoms with E-state index in [1.807, 2.05) is 25.1 Å². The average molecular weight is 255 g/mol. The van der Waals surface area contributed by atoms with Gasteiger partial charge in [-0.15, -0.1) is 0 Å². The number of aliphatic hydroxyl groups is 1. The lowest BCUT2D eigenvalue weighted by molar-refractivity contribution is 0.0435. The van der Waals surface area contributed by atoms with Crippen molar-refractivity contribution in [2.24, 2.45) is 5.92 Å². The van der Waals surface area contributed by atoms with Crippen molar-refractivity contribution in [2.45, 2.75) is 32.3 Å². The fraction of sp³-hybridized carbons (Fsp3) is 0.571. The SMILES string of the molecule is Cc1cc(C(O)CC2CCOCC2)ccc1Cl. The van der Waals surface area contributed by atoms with Crippen molar-refractivity contribution in [3.8, 4) is 0 Å². The number of ether oxygens (including phenoxy) is 1. The minimum atomic E-state index is -0.380. The molecule has 17 heavy (non-hydrogen) atoms. The molecular weight excluding hydrogens is 236 g/mol. The molecule has 94 valence electrons. The number of rotatable bonds is 3. The van der Waals surface area contributed by atoms with Gasteiger partial charge in [-0.2, -0.15) is 0 Å². The first-order chi connectivity index (χ1) is 8.16. The third kappa shape index (κ3) is 3.44. The molecule has 0 aromatic heterocycles. The molecule has 1 saturated heterocycles. The molecule has 2 nitrogen and oxygen atoms in total. The van der Waals surface area contributed by atoms with Crippen molar-refractivity contribution in [1.29, 1.82) is 0 Å². The van der Waals surface area contributed by atoms with Gasteiger partial charge in [-0.05, 0) is 49.3 Å². The summed E-state index contributed by atoms with van der Waals surface area (Å²) in [6.07, 6.45) is 2.56. The van der Waals surface area contributed by atoms with Crippen LogP contribution in [0.15, 0.2) is 18.2 Å². The van der Waals surface area contributed by atoms with Gasteiger partial charge in [-0.1, -0.05) is 23.7 Å². The number of aryl methyl sites for hydroxylation is 1. The molecule has 1 unspecified atom stereocenters. The summed E-state index contributed by atoms with van der Waals surface area (Å²) in [5.74, 6) is 0.578. The molecule has 2 rings (SSSR count). The van der Waals surface area contributed by atoms with Gasteiger partial charge >= 0.3 is 0 Å². The lowest BCUT2D eigenvalue weighted by atomic mass is 9.90. The first-order valence-corrected chi connectivity index (χ1v) is 6.56. The third-order valence-electron chi connectivity index (χ3n) is 3.46. The van der Waals surface area contributed by atoms with Gasteiger partial charge in [0.25, 0.3) is 0 Å². The highest BCUT2D eigenvalue weighted by molar-refractivity contribution is 6.31. The molecule has 1 aliphatic heterocycles. The van der Waals surface area contributed by atoms with Gasteiger partial charge < -0.3 is 9.84 Å². The summed E-state index contributed by atoms with van der Waals surface area (Å²) in [6.45, 7) is 3.63. The highest BCUT2D eigenvalue weighted by Gasteiger charge is 2.19. The molecule has 1 atom stereocenters. The van der Waals surface area contributed by atoms with Crippen LogP contribution in [0.2, 0.25) is 5.02 Å². The Morgan fingerprint density at radius 3 is 2.76 bits per heavy atom. The second-order valence-corrected chi connectivity index (χ2v) is 5.22. The highest BCUT2D eigenvalue weighted by Crippen LogP contribution is 2.29. The molecule has 3 heteroatoms. The maximum absolute atomic E-state index is 10.2. The molecule has 1 aromatic rings. The van der Waals surface area contributed by atoms with Gasteiger partial charge in [0.2, 0.25) is 0 Å². The first-order valence-electron chi connectivity index (χ1n) is 6.18. The van der Waals surface area contributed by atoms with E-state index in [1.165, 1.54) is 0 Å².